The van der Waals surface area contributed by atoms with Gasteiger partial charge in [0.2, 0.25) is 5.95 Å². The summed E-state index contributed by atoms with van der Waals surface area (Å²) >= 11 is 0. The summed E-state index contributed by atoms with van der Waals surface area (Å²) in [5.41, 5.74) is 3.37. The van der Waals surface area contributed by atoms with Crippen LogP contribution in [0.5, 0.6) is 0 Å². The van der Waals surface area contributed by atoms with Gasteiger partial charge in [0.25, 0.3) is 0 Å². The molecule has 132 valence electrons. The molecule has 0 radical (unpaired) electrons. The normalized spacial score (nSPS) is 10.6. The van der Waals surface area contributed by atoms with Gasteiger partial charge in [-0.2, -0.15) is 4.98 Å². The van der Waals surface area contributed by atoms with Gasteiger partial charge in [-0.05, 0) is 45.0 Å². The Balaban J connectivity index is 1.93. The first-order chi connectivity index (χ1) is 12.5. The average molecular weight is 346 g/mol. The van der Waals surface area contributed by atoms with Gasteiger partial charge in [-0.3, -0.25) is 4.79 Å². The molecular weight excluding hydrogens is 324 g/mol. The minimum Gasteiger partial charge on any atom is -0.368 e. The Morgan fingerprint density at radius 3 is 2.27 bits per heavy atom. The number of nitrogens with one attached hydrogen (secondary N) is 2. The van der Waals surface area contributed by atoms with Crippen LogP contribution < -0.4 is 10.6 Å². The first-order valence-corrected chi connectivity index (χ1v) is 8.60. The molecule has 1 heterocycles. The van der Waals surface area contributed by atoms with Crippen LogP contribution in [-0.4, -0.2) is 21.8 Å². The standard InChI is InChI=1S/C21H22N4O/c1-14(2)22-20-13-19(17-7-5-4-6-8-17)24-21(25-20)23-18-11-9-16(10-12-18)15(3)26/h4-14H,1-3H3,(H2,22,23,24,25). The maximum Gasteiger partial charge on any atom is 0.229 e. The minimum atomic E-state index is 0.0438. The number of aromatic nitrogens is 2. The Morgan fingerprint density at radius 2 is 1.65 bits per heavy atom. The first-order valence-electron chi connectivity index (χ1n) is 8.60. The van der Waals surface area contributed by atoms with Crippen LogP contribution in [-0.2, 0) is 0 Å². The summed E-state index contributed by atoms with van der Waals surface area (Å²) in [6.07, 6.45) is 0. The number of carbonyl (C=O) groups is 1. The Labute approximate surface area is 153 Å². The number of hydrogen-bond donors (Lipinski definition) is 2. The Bertz CT molecular complexity index is 890. The lowest BCUT2D eigenvalue weighted by Gasteiger charge is -2.13. The summed E-state index contributed by atoms with van der Waals surface area (Å²) in [4.78, 5) is 20.6. The highest BCUT2D eigenvalue weighted by Crippen LogP contribution is 2.23. The Hall–Kier alpha value is -3.21. The van der Waals surface area contributed by atoms with E-state index in [-0.39, 0.29) is 11.8 Å². The second-order valence-electron chi connectivity index (χ2n) is 6.39. The van der Waals surface area contributed by atoms with Crippen molar-refractivity contribution >= 4 is 23.2 Å². The van der Waals surface area contributed by atoms with E-state index >= 15 is 0 Å². The third-order valence-electron chi connectivity index (χ3n) is 3.78. The topological polar surface area (TPSA) is 66.9 Å². The molecular formula is C21H22N4O. The fraction of sp³-hybridized carbons (Fsp3) is 0.190. The molecule has 0 aliphatic carbocycles. The summed E-state index contributed by atoms with van der Waals surface area (Å²) in [6, 6.07) is 19.5. The highest BCUT2D eigenvalue weighted by Gasteiger charge is 2.08. The first kappa shape index (κ1) is 17.6. The van der Waals surface area contributed by atoms with E-state index in [1.54, 1.807) is 19.1 Å². The van der Waals surface area contributed by atoms with Crippen LogP contribution in [0.2, 0.25) is 0 Å². The van der Waals surface area contributed by atoms with Crippen molar-refractivity contribution < 1.29 is 4.79 Å². The maximum atomic E-state index is 11.4. The largest absolute Gasteiger partial charge is 0.368 e. The summed E-state index contributed by atoms with van der Waals surface area (Å²) in [5, 5.41) is 6.55. The molecule has 2 N–H and O–H groups in total. The van der Waals surface area contributed by atoms with E-state index in [4.69, 9.17) is 0 Å². The van der Waals surface area contributed by atoms with Gasteiger partial charge in [0, 0.05) is 28.9 Å². The molecule has 1 aromatic heterocycles. The van der Waals surface area contributed by atoms with Gasteiger partial charge in [-0.15, -0.1) is 0 Å². The molecule has 0 spiro atoms. The van der Waals surface area contributed by atoms with Crippen LogP contribution >= 0.6 is 0 Å². The van der Waals surface area contributed by atoms with E-state index in [0.717, 1.165) is 22.8 Å². The summed E-state index contributed by atoms with van der Waals surface area (Å²) in [7, 11) is 0. The van der Waals surface area contributed by atoms with Crippen molar-refractivity contribution in [2.24, 2.45) is 0 Å². The van der Waals surface area contributed by atoms with Crippen LogP contribution in [0.1, 0.15) is 31.1 Å². The molecule has 26 heavy (non-hydrogen) atoms. The molecule has 0 fully saturated rings. The lowest BCUT2D eigenvalue weighted by Crippen LogP contribution is -2.12. The van der Waals surface area contributed by atoms with Crippen LogP contribution in [0.25, 0.3) is 11.3 Å². The molecule has 0 amide bonds. The number of carbonyl (C=O) groups excluding carboxylic acids is 1. The molecule has 0 bridgehead atoms. The zero-order valence-corrected chi connectivity index (χ0v) is 15.2. The molecule has 0 aliphatic heterocycles. The van der Waals surface area contributed by atoms with Crippen molar-refractivity contribution in [3.05, 3.63) is 66.2 Å². The number of Topliss-reactive ketones (excluding diaryl/α,β-unsaturated/α-hetero) is 1. The van der Waals surface area contributed by atoms with E-state index in [9.17, 15) is 4.79 Å². The molecule has 0 saturated heterocycles. The fourth-order valence-electron chi connectivity index (χ4n) is 2.55. The minimum absolute atomic E-state index is 0.0438. The monoisotopic (exact) mass is 346 g/mol. The van der Waals surface area contributed by atoms with Crippen molar-refractivity contribution in [2.45, 2.75) is 26.8 Å². The zero-order chi connectivity index (χ0) is 18.5. The number of ketones is 1. The molecule has 3 rings (SSSR count). The van der Waals surface area contributed by atoms with Gasteiger partial charge in [0.15, 0.2) is 5.78 Å². The van der Waals surface area contributed by atoms with Crippen molar-refractivity contribution in [3.8, 4) is 11.3 Å². The second-order valence-corrected chi connectivity index (χ2v) is 6.39. The molecule has 5 heteroatoms. The van der Waals surface area contributed by atoms with Crippen LogP contribution in [0.4, 0.5) is 17.5 Å². The van der Waals surface area contributed by atoms with Crippen molar-refractivity contribution in [2.75, 3.05) is 10.6 Å². The molecule has 0 atom stereocenters. The van der Waals surface area contributed by atoms with Gasteiger partial charge < -0.3 is 10.6 Å². The number of anilines is 3. The molecule has 0 saturated carbocycles. The van der Waals surface area contributed by atoms with Gasteiger partial charge >= 0.3 is 0 Å². The fourth-order valence-corrected chi connectivity index (χ4v) is 2.55. The summed E-state index contributed by atoms with van der Waals surface area (Å²) in [6.45, 7) is 5.69. The molecule has 2 aromatic carbocycles. The van der Waals surface area contributed by atoms with Gasteiger partial charge in [0.05, 0.1) is 5.69 Å². The Morgan fingerprint density at radius 1 is 0.962 bits per heavy atom. The van der Waals surface area contributed by atoms with E-state index in [1.165, 1.54) is 0 Å². The molecule has 0 unspecified atom stereocenters. The molecule has 0 aliphatic rings. The Kier molecular flexibility index (Phi) is 5.27. The average Bonchev–Trinajstić information content (AvgIpc) is 2.62. The summed E-state index contributed by atoms with van der Waals surface area (Å²) in [5.74, 6) is 1.31. The number of benzene rings is 2. The molecule has 5 nitrogen and oxygen atoms in total. The SMILES string of the molecule is CC(=O)c1ccc(Nc2nc(NC(C)C)cc(-c3ccccc3)n2)cc1. The van der Waals surface area contributed by atoms with Crippen molar-refractivity contribution in [1.29, 1.82) is 0 Å². The zero-order valence-electron chi connectivity index (χ0n) is 15.2. The second kappa shape index (κ2) is 7.78. The highest BCUT2D eigenvalue weighted by atomic mass is 16.1. The third-order valence-corrected chi connectivity index (χ3v) is 3.78. The van der Waals surface area contributed by atoms with Crippen molar-refractivity contribution in [3.63, 3.8) is 0 Å². The van der Waals surface area contributed by atoms with Crippen LogP contribution in [0, 0.1) is 0 Å². The van der Waals surface area contributed by atoms with E-state index in [2.05, 4.69) is 34.4 Å². The lowest BCUT2D eigenvalue weighted by molar-refractivity contribution is 0.101. The van der Waals surface area contributed by atoms with Crippen LogP contribution in [0.3, 0.4) is 0 Å². The number of rotatable bonds is 6. The van der Waals surface area contributed by atoms with Gasteiger partial charge in [-0.25, -0.2) is 4.98 Å². The maximum absolute atomic E-state index is 11.4. The smallest absolute Gasteiger partial charge is 0.229 e. The highest BCUT2D eigenvalue weighted by molar-refractivity contribution is 5.94. The van der Waals surface area contributed by atoms with E-state index < -0.39 is 0 Å². The molecule has 3 aromatic rings. The quantitative estimate of drug-likeness (QED) is 0.621. The van der Waals surface area contributed by atoms with E-state index in [1.807, 2.05) is 48.5 Å². The van der Waals surface area contributed by atoms with E-state index in [0.29, 0.717) is 11.5 Å². The number of hydrogen-bond acceptors (Lipinski definition) is 5. The summed E-state index contributed by atoms with van der Waals surface area (Å²) < 4.78 is 0. The lowest BCUT2D eigenvalue weighted by atomic mass is 10.1. The number of nitrogens with zero attached hydrogens (tertiary/aromatic N) is 2. The van der Waals surface area contributed by atoms with Gasteiger partial charge in [0.1, 0.15) is 5.82 Å². The predicted octanol–water partition coefficient (Wildman–Crippen LogP) is 4.91. The van der Waals surface area contributed by atoms with Gasteiger partial charge in [-0.1, -0.05) is 30.3 Å². The third kappa shape index (κ3) is 4.45. The van der Waals surface area contributed by atoms with Crippen LogP contribution in [0.15, 0.2) is 60.7 Å². The predicted molar refractivity (Wildman–Crippen MR) is 106 cm³/mol. The van der Waals surface area contributed by atoms with Crippen molar-refractivity contribution in [1.82, 2.24) is 9.97 Å².